The van der Waals surface area contributed by atoms with Gasteiger partial charge in [-0.25, -0.2) is 0 Å². The van der Waals surface area contributed by atoms with Crippen LogP contribution in [0, 0.1) is 0 Å². The van der Waals surface area contributed by atoms with Gasteiger partial charge < -0.3 is 4.74 Å². The zero-order chi connectivity index (χ0) is 5.82. The first-order valence-corrected chi connectivity index (χ1v) is 3.23. The highest BCUT2D eigenvalue weighted by molar-refractivity contribution is 6.92. The normalized spacial score (nSPS) is 21.0. The van der Waals surface area contributed by atoms with Gasteiger partial charge in [-0.15, -0.1) is 0 Å². The molecule has 1 heterocycles. The minimum absolute atomic E-state index is 0. The summed E-state index contributed by atoms with van der Waals surface area (Å²) < 4.78 is 5.16. The number of likely N-dealkylation sites (N-methyl/N-ethyl adjacent to an activating group) is 1. The van der Waals surface area contributed by atoms with E-state index in [0.29, 0.717) is 0 Å². The summed E-state index contributed by atoms with van der Waals surface area (Å²) in [5, 5.41) is 0. The molecule has 0 aromatic rings. The smallest absolute Gasteiger partial charge is 0.0594 e. The van der Waals surface area contributed by atoms with Crippen molar-refractivity contribution in [2.45, 2.75) is 6.92 Å². The molecule has 2 nitrogen and oxygen atoms in total. The van der Waals surface area contributed by atoms with E-state index in [1.807, 2.05) is 0 Å². The van der Waals surface area contributed by atoms with Crippen LogP contribution in [0.5, 0.6) is 0 Å². The van der Waals surface area contributed by atoms with Gasteiger partial charge in [0, 0.05) is 23.0 Å². The Hall–Kier alpha value is 0.350. The van der Waals surface area contributed by atoms with E-state index in [1.165, 1.54) is 6.54 Å². The average molecular weight is 146 g/mol. The first kappa shape index (κ1) is 9.35. The minimum atomic E-state index is 0. The lowest BCUT2D eigenvalue weighted by Gasteiger charge is -2.24. The van der Waals surface area contributed by atoms with E-state index in [9.17, 15) is 0 Å². The molecule has 9 heavy (non-hydrogen) atoms. The molecule has 1 aliphatic heterocycles. The van der Waals surface area contributed by atoms with Crippen molar-refractivity contribution < 1.29 is 4.74 Å². The molecule has 0 N–H and O–H groups in total. The van der Waals surface area contributed by atoms with Crippen molar-refractivity contribution in [2.24, 2.45) is 0 Å². The summed E-state index contributed by atoms with van der Waals surface area (Å²) in [6.07, 6.45) is 0. The van der Waals surface area contributed by atoms with Crippen molar-refractivity contribution in [3.63, 3.8) is 0 Å². The molecule has 1 aliphatic rings. The number of hydrogen-bond acceptors (Lipinski definition) is 2. The fourth-order valence-electron chi connectivity index (χ4n) is 0.917. The third-order valence-electron chi connectivity index (χ3n) is 1.55. The standard InChI is InChI=1S/C6H13NO.P/c1-2-7-3-5-8-6-4-7;/h2-6H2,1H3;. The van der Waals surface area contributed by atoms with Gasteiger partial charge in [0.05, 0.1) is 13.2 Å². The summed E-state index contributed by atoms with van der Waals surface area (Å²) >= 11 is 0. The van der Waals surface area contributed by atoms with Crippen molar-refractivity contribution in [1.82, 2.24) is 4.90 Å². The van der Waals surface area contributed by atoms with Gasteiger partial charge in [-0.2, -0.15) is 0 Å². The Morgan fingerprint density at radius 3 is 2.22 bits per heavy atom. The van der Waals surface area contributed by atoms with Gasteiger partial charge in [-0.05, 0) is 6.54 Å². The summed E-state index contributed by atoms with van der Waals surface area (Å²) in [7, 11) is 0. The van der Waals surface area contributed by atoms with E-state index >= 15 is 0 Å². The monoisotopic (exact) mass is 146 g/mol. The molecule has 53 valence electrons. The SMILES string of the molecule is CCN1CCOCC1.[P]. The van der Waals surface area contributed by atoms with Crippen LogP contribution in [-0.2, 0) is 4.74 Å². The zero-order valence-electron chi connectivity index (χ0n) is 5.84. The average Bonchev–Trinajstić information content (AvgIpc) is 1.90. The van der Waals surface area contributed by atoms with Gasteiger partial charge in [0.2, 0.25) is 0 Å². The predicted octanol–water partition coefficient (Wildman–Crippen LogP) is 1.20. The van der Waals surface area contributed by atoms with Crippen molar-refractivity contribution in [1.29, 1.82) is 0 Å². The molecule has 0 aromatic carbocycles. The maximum Gasteiger partial charge on any atom is 0.0594 e. The number of ether oxygens (including phenoxy) is 1. The van der Waals surface area contributed by atoms with E-state index in [4.69, 9.17) is 4.74 Å². The van der Waals surface area contributed by atoms with Crippen LogP contribution in [0.25, 0.3) is 0 Å². The molecule has 0 aromatic heterocycles. The molecule has 0 spiro atoms. The molecule has 0 unspecified atom stereocenters. The Morgan fingerprint density at radius 2 is 1.89 bits per heavy atom. The summed E-state index contributed by atoms with van der Waals surface area (Å²) in [5.74, 6) is 0. The zero-order valence-corrected chi connectivity index (χ0v) is 6.73. The van der Waals surface area contributed by atoms with Crippen LogP contribution in [0.2, 0.25) is 0 Å². The molecule has 0 saturated carbocycles. The summed E-state index contributed by atoms with van der Waals surface area (Å²) in [6, 6.07) is 0. The summed E-state index contributed by atoms with van der Waals surface area (Å²) in [4.78, 5) is 2.39. The second-order valence-electron chi connectivity index (χ2n) is 2.05. The Morgan fingerprint density at radius 1 is 1.33 bits per heavy atom. The predicted molar refractivity (Wildman–Crippen MR) is 39.9 cm³/mol. The molecule has 0 aliphatic carbocycles. The van der Waals surface area contributed by atoms with Crippen LogP contribution in [0.3, 0.4) is 0 Å². The van der Waals surface area contributed by atoms with Gasteiger partial charge in [0.1, 0.15) is 0 Å². The maximum absolute atomic E-state index is 5.16. The highest BCUT2D eigenvalue weighted by atomic mass is 31.0. The van der Waals surface area contributed by atoms with Crippen LogP contribution in [0.4, 0.5) is 0 Å². The Balaban J connectivity index is 0.000000640. The molecule has 3 heteroatoms. The van der Waals surface area contributed by atoms with Crippen LogP contribution < -0.4 is 0 Å². The molecular weight excluding hydrogens is 133 g/mol. The summed E-state index contributed by atoms with van der Waals surface area (Å²) in [5.41, 5.74) is 0. The van der Waals surface area contributed by atoms with Crippen molar-refractivity contribution in [3.8, 4) is 0 Å². The van der Waals surface area contributed by atoms with E-state index < -0.39 is 0 Å². The van der Waals surface area contributed by atoms with E-state index in [2.05, 4.69) is 11.8 Å². The Bertz CT molecular complexity index is 64.1. The Labute approximate surface area is 60.2 Å². The third-order valence-corrected chi connectivity index (χ3v) is 1.55. The second-order valence-corrected chi connectivity index (χ2v) is 2.05. The molecular formula is C6H13NOP. The van der Waals surface area contributed by atoms with Gasteiger partial charge >= 0.3 is 0 Å². The summed E-state index contributed by atoms with van der Waals surface area (Å²) in [6.45, 7) is 7.45. The quantitative estimate of drug-likeness (QED) is 0.515. The minimum Gasteiger partial charge on any atom is -0.379 e. The first-order chi connectivity index (χ1) is 3.93. The first-order valence-electron chi connectivity index (χ1n) is 3.23. The fraction of sp³-hybridized carbons (Fsp3) is 1.00. The lowest BCUT2D eigenvalue weighted by molar-refractivity contribution is 0.0405. The molecule has 1 rings (SSSR count). The van der Waals surface area contributed by atoms with Crippen LogP contribution >= 0.6 is 9.90 Å². The number of nitrogens with zero attached hydrogens (tertiary/aromatic N) is 1. The van der Waals surface area contributed by atoms with Crippen molar-refractivity contribution >= 4 is 9.90 Å². The van der Waals surface area contributed by atoms with Crippen LogP contribution in [-0.4, -0.2) is 37.7 Å². The van der Waals surface area contributed by atoms with E-state index in [-0.39, 0.29) is 9.90 Å². The molecule has 3 radical (unpaired) electrons. The molecule has 0 atom stereocenters. The molecule has 0 amide bonds. The van der Waals surface area contributed by atoms with Crippen molar-refractivity contribution in [3.05, 3.63) is 0 Å². The molecule has 1 fully saturated rings. The number of rotatable bonds is 1. The van der Waals surface area contributed by atoms with Gasteiger partial charge in [0.15, 0.2) is 0 Å². The highest BCUT2D eigenvalue weighted by Gasteiger charge is 2.05. The van der Waals surface area contributed by atoms with E-state index in [1.54, 1.807) is 0 Å². The van der Waals surface area contributed by atoms with Crippen LogP contribution in [0.15, 0.2) is 0 Å². The molecule has 1 saturated heterocycles. The largest absolute Gasteiger partial charge is 0.379 e. The fourth-order valence-corrected chi connectivity index (χ4v) is 0.917. The number of hydrogen-bond donors (Lipinski definition) is 0. The maximum atomic E-state index is 5.16. The molecule has 0 bridgehead atoms. The Kier molecular flexibility index (Phi) is 5.36. The highest BCUT2D eigenvalue weighted by Crippen LogP contribution is 1.93. The number of morpholine rings is 1. The second kappa shape index (κ2) is 5.16. The van der Waals surface area contributed by atoms with Gasteiger partial charge in [-0.1, -0.05) is 6.92 Å². The lowest BCUT2D eigenvalue weighted by atomic mass is 10.4. The third kappa shape index (κ3) is 3.14. The van der Waals surface area contributed by atoms with E-state index in [0.717, 1.165) is 26.3 Å². The van der Waals surface area contributed by atoms with Crippen molar-refractivity contribution in [2.75, 3.05) is 32.8 Å². The van der Waals surface area contributed by atoms with Gasteiger partial charge in [0.25, 0.3) is 0 Å². The lowest BCUT2D eigenvalue weighted by Crippen LogP contribution is -2.35. The van der Waals surface area contributed by atoms with Crippen LogP contribution in [0.1, 0.15) is 6.92 Å². The topological polar surface area (TPSA) is 12.5 Å². The van der Waals surface area contributed by atoms with Gasteiger partial charge in [-0.3, -0.25) is 4.90 Å².